The minimum absolute atomic E-state index is 0.206. The van der Waals surface area contributed by atoms with E-state index in [2.05, 4.69) is 60.4 Å². The smallest absolute Gasteiger partial charge is 0.351 e. The first-order valence-corrected chi connectivity index (χ1v) is 14.0. The molecule has 0 saturated carbocycles. The summed E-state index contributed by atoms with van der Waals surface area (Å²) >= 11 is 0. The Morgan fingerprint density at radius 2 is 1.76 bits per heavy atom. The van der Waals surface area contributed by atoms with Gasteiger partial charge in [0.05, 0.1) is 12.7 Å². The van der Waals surface area contributed by atoms with E-state index in [1.165, 1.54) is 14.9 Å². The Morgan fingerprint density at radius 1 is 1.15 bits per heavy atom. The normalized spacial score (nSPS) is 20.5. The van der Waals surface area contributed by atoms with Crippen LogP contribution in [0.4, 0.5) is 5.82 Å². The first-order chi connectivity index (χ1) is 16.4. The molecule has 8 heteroatoms. The molecule has 1 saturated heterocycles. The maximum atomic E-state index is 12.4. The van der Waals surface area contributed by atoms with Crippen LogP contribution in [-0.2, 0) is 9.16 Å². The highest BCUT2D eigenvalue weighted by atomic mass is 28.4. The molecule has 0 amide bonds. The number of aromatic nitrogens is 2. The molecule has 7 nitrogen and oxygen atoms in total. The quantitative estimate of drug-likeness (QED) is 0.457. The molecule has 1 aliphatic heterocycles. The molecule has 0 radical (unpaired) electrons. The van der Waals surface area contributed by atoms with Gasteiger partial charge in [0.1, 0.15) is 18.1 Å². The van der Waals surface area contributed by atoms with E-state index in [0.717, 1.165) is 18.9 Å². The van der Waals surface area contributed by atoms with Crippen molar-refractivity contribution < 1.29 is 14.3 Å². The summed E-state index contributed by atoms with van der Waals surface area (Å²) in [5.74, 6) is 0.206. The van der Waals surface area contributed by atoms with Gasteiger partial charge in [-0.2, -0.15) is 4.98 Å². The number of nitrogen functional groups attached to an aromatic ring is 1. The predicted octanol–water partition coefficient (Wildman–Crippen LogP) is 2.36. The highest BCUT2D eigenvalue weighted by Crippen LogP contribution is 2.29. The molecule has 2 aromatic carbocycles. The number of unbranched alkanes of at least 4 members (excludes halogenated alkanes) is 1. The van der Waals surface area contributed by atoms with E-state index in [-0.39, 0.29) is 12.4 Å². The van der Waals surface area contributed by atoms with E-state index < -0.39 is 32.4 Å². The molecule has 4 rings (SSSR count). The van der Waals surface area contributed by atoms with Gasteiger partial charge >= 0.3 is 5.69 Å². The van der Waals surface area contributed by atoms with Crippen molar-refractivity contribution in [3.8, 4) is 0 Å². The Bertz CT molecular complexity index is 1100. The predicted molar refractivity (Wildman–Crippen MR) is 136 cm³/mol. The molecule has 1 fully saturated rings. The zero-order valence-corrected chi connectivity index (χ0v) is 20.8. The minimum Gasteiger partial charge on any atom is -0.405 e. The van der Waals surface area contributed by atoms with E-state index in [1.54, 1.807) is 13.1 Å². The lowest BCUT2D eigenvalue weighted by molar-refractivity contribution is -0.0420. The summed E-state index contributed by atoms with van der Waals surface area (Å²) in [6.07, 6.45) is 2.13. The van der Waals surface area contributed by atoms with Crippen molar-refractivity contribution >= 4 is 24.5 Å². The van der Waals surface area contributed by atoms with Gasteiger partial charge in [-0.25, -0.2) is 4.79 Å². The average Bonchev–Trinajstić information content (AvgIpc) is 3.23. The van der Waals surface area contributed by atoms with Crippen LogP contribution in [0.15, 0.2) is 71.7 Å². The average molecular weight is 480 g/mol. The summed E-state index contributed by atoms with van der Waals surface area (Å²) in [5.41, 5.74) is 5.97. The number of hydrogen-bond acceptors (Lipinski definition) is 6. The third-order valence-electron chi connectivity index (χ3n) is 6.54. The number of benzene rings is 2. The molecule has 3 aromatic rings. The van der Waals surface area contributed by atoms with E-state index in [9.17, 15) is 9.90 Å². The molecule has 1 aromatic heterocycles. The summed E-state index contributed by atoms with van der Waals surface area (Å²) in [5, 5.41) is 13.2. The SMILES string of the molecule is CCCC[Si](OC[C@H]1O[C@@H](n2cc(C)c(N)nc2=O)C[C@@H]1O)(c1ccccc1)c1ccccc1. The molecule has 180 valence electrons. The number of hydrogen-bond donors (Lipinski definition) is 2. The van der Waals surface area contributed by atoms with E-state index >= 15 is 0 Å². The van der Waals surface area contributed by atoms with Crippen molar-refractivity contribution in [2.45, 2.75) is 57.6 Å². The van der Waals surface area contributed by atoms with Crippen LogP contribution < -0.4 is 21.8 Å². The van der Waals surface area contributed by atoms with Crippen LogP contribution in [0.25, 0.3) is 0 Å². The van der Waals surface area contributed by atoms with Crippen LogP contribution >= 0.6 is 0 Å². The van der Waals surface area contributed by atoms with Gasteiger partial charge in [0.2, 0.25) is 0 Å². The number of rotatable bonds is 9. The van der Waals surface area contributed by atoms with Gasteiger partial charge in [0.15, 0.2) is 0 Å². The zero-order valence-electron chi connectivity index (χ0n) is 19.8. The Kier molecular flexibility index (Phi) is 7.62. The fraction of sp³-hybridized carbons (Fsp3) is 0.385. The maximum Gasteiger partial charge on any atom is 0.351 e. The molecule has 0 aliphatic carbocycles. The molecule has 2 heterocycles. The Hall–Kier alpha value is -2.78. The number of aliphatic hydroxyl groups is 1. The van der Waals surface area contributed by atoms with Crippen LogP contribution in [0.2, 0.25) is 6.04 Å². The van der Waals surface area contributed by atoms with Gasteiger partial charge in [-0.15, -0.1) is 0 Å². The summed E-state index contributed by atoms with van der Waals surface area (Å²) in [4.78, 5) is 16.2. The van der Waals surface area contributed by atoms with Crippen LogP contribution in [0.3, 0.4) is 0 Å². The number of aliphatic hydroxyl groups excluding tert-OH is 1. The van der Waals surface area contributed by atoms with Crippen molar-refractivity contribution in [2.24, 2.45) is 0 Å². The summed E-state index contributed by atoms with van der Waals surface area (Å²) < 4.78 is 14.4. The monoisotopic (exact) mass is 479 g/mol. The molecule has 3 atom stereocenters. The van der Waals surface area contributed by atoms with Gasteiger partial charge in [-0.3, -0.25) is 4.57 Å². The third kappa shape index (κ3) is 5.00. The van der Waals surface area contributed by atoms with Crippen LogP contribution in [0, 0.1) is 6.92 Å². The largest absolute Gasteiger partial charge is 0.405 e. The second-order valence-corrected chi connectivity index (χ2v) is 12.5. The van der Waals surface area contributed by atoms with E-state index in [1.807, 2.05) is 12.1 Å². The molecular weight excluding hydrogens is 446 g/mol. The van der Waals surface area contributed by atoms with E-state index in [4.69, 9.17) is 14.9 Å². The first kappa shape index (κ1) is 24.3. The van der Waals surface area contributed by atoms with Crippen molar-refractivity contribution in [1.29, 1.82) is 0 Å². The highest BCUT2D eigenvalue weighted by molar-refractivity contribution is 6.97. The number of nitrogens with zero attached hydrogens (tertiary/aromatic N) is 2. The zero-order chi connectivity index (χ0) is 24.1. The Balaban J connectivity index is 1.60. The van der Waals surface area contributed by atoms with Crippen molar-refractivity contribution in [3.05, 3.63) is 82.9 Å². The van der Waals surface area contributed by atoms with Crippen LogP contribution in [0.1, 0.15) is 38.0 Å². The van der Waals surface area contributed by atoms with Crippen molar-refractivity contribution in [1.82, 2.24) is 9.55 Å². The third-order valence-corrected chi connectivity index (χ3v) is 10.8. The van der Waals surface area contributed by atoms with Crippen molar-refractivity contribution in [3.63, 3.8) is 0 Å². The molecular formula is C26H33N3O4Si. The molecule has 0 bridgehead atoms. The lowest BCUT2D eigenvalue weighted by Gasteiger charge is -2.34. The second kappa shape index (κ2) is 10.6. The number of aryl methyl sites for hydroxylation is 1. The van der Waals surface area contributed by atoms with Crippen LogP contribution in [-0.4, -0.2) is 41.8 Å². The van der Waals surface area contributed by atoms with Gasteiger partial charge in [-0.05, 0) is 23.3 Å². The number of anilines is 1. The minimum atomic E-state index is -2.58. The Labute approximate surface area is 201 Å². The van der Waals surface area contributed by atoms with Gasteiger partial charge in [0.25, 0.3) is 8.32 Å². The number of nitrogens with two attached hydrogens (primary N) is 1. The topological polar surface area (TPSA) is 99.6 Å². The number of ether oxygens (including phenoxy) is 1. The lowest BCUT2D eigenvalue weighted by atomic mass is 10.2. The molecule has 3 N–H and O–H groups in total. The van der Waals surface area contributed by atoms with Crippen LogP contribution in [0.5, 0.6) is 0 Å². The lowest BCUT2D eigenvalue weighted by Crippen LogP contribution is -2.61. The maximum absolute atomic E-state index is 12.4. The van der Waals surface area contributed by atoms with Gasteiger partial charge in [-0.1, -0.05) is 80.4 Å². The fourth-order valence-corrected chi connectivity index (χ4v) is 8.73. The van der Waals surface area contributed by atoms with Gasteiger partial charge < -0.3 is 20.0 Å². The molecule has 0 unspecified atom stereocenters. The Morgan fingerprint density at radius 3 is 2.35 bits per heavy atom. The fourth-order valence-electron chi connectivity index (χ4n) is 4.58. The van der Waals surface area contributed by atoms with Crippen molar-refractivity contribution in [2.75, 3.05) is 12.3 Å². The molecule has 34 heavy (non-hydrogen) atoms. The standard InChI is InChI=1S/C26H33N3O4Si/c1-3-4-15-34(20-11-7-5-8-12-20,21-13-9-6-10-14-21)32-18-23-22(30)16-24(33-23)29-17-19(2)25(27)28-26(29)31/h5-14,17,22-24,30H,3-4,15-16,18H2,1-2H3,(H2,27,28,31)/t22-,23+,24+/m0/s1. The summed E-state index contributed by atoms with van der Waals surface area (Å²) in [7, 11) is -2.58. The van der Waals surface area contributed by atoms with E-state index in [0.29, 0.717) is 12.0 Å². The molecule has 0 spiro atoms. The van der Waals surface area contributed by atoms with Gasteiger partial charge in [0, 0.05) is 18.2 Å². The molecule has 1 aliphatic rings. The highest BCUT2D eigenvalue weighted by Gasteiger charge is 2.42. The summed E-state index contributed by atoms with van der Waals surface area (Å²) in [6.45, 7) is 4.22. The first-order valence-electron chi connectivity index (χ1n) is 11.9. The second-order valence-electron chi connectivity index (χ2n) is 8.90. The summed E-state index contributed by atoms with van der Waals surface area (Å²) in [6, 6.07) is 21.7.